The summed E-state index contributed by atoms with van der Waals surface area (Å²) in [5, 5.41) is -0.173. The van der Waals surface area contributed by atoms with Gasteiger partial charge >= 0.3 is 0 Å². The summed E-state index contributed by atoms with van der Waals surface area (Å²) < 4.78 is 0.0174. The highest BCUT2D eigenvalue weighted by Gasteiger charge is 2.40. The third-order valence-corrected chi connectivity index (χ3v) is 8.08. The van der Waals surface area contributed by atoms with Crippen LogP contribution in [0, 0.1) is 10.8 Å². The lowest BCUT2D eigenvalue weighted by atomic mass is 9.89. The lowest BCUT2D eigenvalue weighted by Crippen LogP contribution is -2.33. The van der Waals surface area contributed by atoms with Gasteiger partial charge < -0.3 is 0 Å². The molecule has 0 aromatic rings. The highest BCUT2D eigenvalue weighted by molar-refractivity contribution is 8.01. The fourth-order valence-electron chi connectivity index (χ4n) is 4.62. The summed E-state index contributed by atoms with van der Waals surface area (Å²) in [4.78, 5) is 49.7. The molecule has 7 heteroatoms. The minimum atomic E-state index is -0.173. The van der Waals surface area contributed by atoms with Crippen LogP contribution in [0.15, 0.2) is 12.2 Å². The summed E-state index contributed by atoms with van der Waals surface area (Å²) >= 11 is 1.62. The first-order valence-electron chi connectivity index (χ1n) is 15.0. The van der Waals surface area contributed by atoms with Crippen LogP contribution >= 0.6 is 11.8 Å². The molecule has 6 nitrogen and oxygen atoms in total. The first kappa shape index (κ1) is 35.4. The molecule has 39 heavy (non-hydrogen) atoms. The molecule has 0 aromatic carbocycles. The number of hydrogen-bond donors (Lipinski definition) is 0. The first-order valence-corrected chi connectivity index (χ1v) is 15.8. The largest absolute Gasteiger partial charge is 0.282 e. The van der Waals surface area contributed by atoms with Crippen molar-refractivity contribution in [3.8, 4) is 0 Å². The van der Waals surface area contributed by atoms with Crippen molar-refractivity contribution in [3.05, 3.63) is 12.2 Å². The summed E-state index contributed by atoms with van der Waals surface area (Å²) in [5.41, 5.74) is 0.809. The molecule has 1 unspecified atom stereocenters. The van der Waals surface area contributed by atoms with E-state index in [2.05, 4.69) is 62.3 Å². The SMILES string of the molecule is CC(C)(C)CCCCCCN1C(=O)C=CC1=O.CC(C)(C)CCCCCCN1C(=O)CC(SC(C)(C)C)C1=O. The van der Waals surface area contributed by atoms with E-state index in [1.807, 2.05) is 0 Å². The second-order valence-corrected chi connectivity index (χ2v) is 16.4. The van der Waals surface area contributed by atoms with Gasteiger partial charge in [-0.05, 0) is 36.5 Å². The summed E-state index contributed by atoms with van der Waals surface area (Å²) in [6, 6.07) is 0. The standard InChI is InChI=1S/C18H33NO2S.C14H23NO2/c1-17(2,3)11-9-7-8-10-12-19-15(20)13-14(16(19)21)22-18(4,5)6;1-14(2,3)10-6-4-5-7-11-15-12(16)8-9-13(15)17/h14H,7-13H2,1-6H3;8-9H,4-7,10-11H2,1-3H3. The van der Waals surface area contributed by atoms with Gasteiger partial charge in [-0.2, -0.15) is 0 Å². The number of amides is 4. The van der Waals surface area contributed by atoms with Crippen molar-refractivity contribution in [1.29, 1.82) is 0 Å². The number of likely N-dealkylation sites (tertiary alicyclic amines) is 1. The number of carbonyl (C=O) groups is 4. The van der Waals surface area contributed by atoms with Crippen molar-refractivity contribution in [1.82, 2.24) is 9.80 Å². The molecule has 0 saturated carbocycles. The minimum absolute atomic E-state index is 0.0152. The molecule has 2 aliphatic rings. The minimum Gasteiger partial charge on any atom is -0.282 e. The fraction of sp³-hybridized carbons (Fsp3) is 0.812. The van der Waals surface area contributed by atoms with Gasteiger partial charge in [0.1, 0.15) is 0 Å². The molecule has 224 valence electrons. The van der Waals surface area contributed by atoms with E-state index in [1.165, 1.54) is 60.5 Å². The molecule has 2 aliphatic heterocycles. The quantitative estimate of drug-likeness (QED) is 0.171. The van der Waals surface area contributed by atoms with Crippen molar-refractivity contribution in [2.75, 3.05) is 13.1 Å². The number of imide groups is 2. The van der Waals surface area contributed by atoms with Crippen LogP contribution in [0.2, 0.25) is 0 Å². The lowest BCUT2D eigenvalue weighted by Gasteiger charge is -2.21. The number of unbranched alkanes of at least 4 members (excludes halogenated alkanes) is 6. The average Bonchev–Trinajstić information content (AvgIpc) is 3.23. The van der Waals surface area contributed by atoms with Gasteiger partial charge in [-0.25, -0.2) is 0 Å². The van der Waals surface area contributed by atoms with E-state index in [4.69, 9.17) is 0 Å². The molecule has 0 radical (unpaired) electrons. The van der Waals surface area contributed by atoms with Gasteiger partial charge in [-0.15, -0.1) is 11.8 Å². The zero-order valence-electron chi connectivity index (χ0n) is 26.4. The maximum atomic E-state index is 12.3. The number of thioether (sulfide) groups is 1. The monoisotopic (exact) mass is 564 g/mol. The van der Waals surface area contributed by atoms with Crippen LogP contribution in [0.3, 0.4) is 0 Å². The van der Waals surface area contributed by atoms with E-state index in [-0.39, 0.29) is 33.6 Å². The number of nitrogens with zero attached hydrogens (tertiary/aromatic N) is 2. The Morgan fingerprint density at radius 1 is 0.641 bits per heavy atom. The Morgan fingerprint density at radius 3 is 1.46 bits per heavy atom. The van der Waals surface area contributed by atoms with E-state index >= 15 is 0 Å². The molecule has 0 aliphatic carbocycles. The molecule has 4 amide bonds. The second kappa shape index (κ2) is 16.0. The Hall–Kier alpha value is -1.63. The summed E-state index contributed by atoms with van der Waals surface area (Å²) in [7, 11) is 0. The molecule has 1 saturated heterocycles. The van der Waals surface area contributed by atoms with Gasteiger partial charge in [0.25, 0.3) is 11.8 Å². The first-order chi connectivity index (χ1) is 17.9. The van der Waals surface area contributed by atoms with Crippen molar-refractivity contribution in [2.24, 2.45) is 10.8 Å². The van der Waals surface area contributed by atoms with Gasteiger partial charge in [0.05, 0.1) is 5.25 Å². The number of carbonyl (C=O) groups excluding carboxylic acids is 4. The Morgan fingerprint density at radius 2 is 1.05 bits per heavy atom. The van der Waals surface area contributed by atoms with E-state index in [9.17, 15) is 19.2 Å². The van der Waals surface area contributed by atoms with Crippen LogP contribution < -0.4 is 0 Å². The summed E-state index contributed by atoms with van der Waals surface area (Å²) in [5.74, 6) is -0.282. The maximum Gasteiger partial charge on any atom is 0.253 e. The third kappa shape index (κ3) is 15.7. The van der Waals surface area contributed by atoms with Gasteiger partial charge in [0.2, 0.25) is 11.8 Å². The van der Waals surface area contributed by atoms with Crippen LogP contribution in [-0.2, 0) is 19.2 Å². The smallest absolute Gasteiger partial charge is 0.253 e. The van der Waals surface area contributed by atoms with Crippen molar-refractivity contribution < 1.29 is 19.2 Å². The highest BCUT2D eigenvalue weighted by atomic mass is 32.2. The van der Waals surface area contributed by atoms with Crippen LogP contribution in [0.4, 0.5) is 0 Å². The Balaban J connectivity index is 0.000000403. The lowest BCUT2D eigenvalue weighted by molar-refractivity contribution is -0.139. The average molecular weight is 565 g/mol. The van der Waals surface area contributed by atoms with Crippen molar-refractivity contribution >= 4 is 35.4 Å². The van der Waals surface area contributed by atoms with E-state index in [0.29, 0.717) is 30.3 Å². The Kier molecular flexibility index (Phi) is 14.5. The molecule has 0 bridgehead atoms. The van der Waals surface area contributed by atoms with Gasteiger partial charge in [-0.1, -0.05) is 101 Å². The topological polar surface area (TPSA) is 74.8 Å². The van der Waals surface area contributed by atoms with Crippen molar-refractivity contribution in [3.63, 3.8) is 0 Å². The molecule has 1 fully saturated rings. The predicted molar refractivity (Wildman–Crippen MR) is 163 cm³/mol. The molecule has 2 rings (SSSR count). The zero-order chi connectivity index (χ0) is 29.9. The number of hydrogen-bond acceptors (Lipinski definition) is 5. The molecule has 0 N–H and O–H groups in total. The van der Waals surface area contributed by atoms with Crippen LogP contribution in [0.25, 0.3) is 0 Å². The van der Waals surface area contributed by atoms with Crippen LogP contribution in [0.5, 0.6) is 0 Å². The maximum absolute atomic E-state index is 12.3. The van der Waals surface area contributed by atoms with E-state index in [0.717, 1.165) is 25.7 Å². The molecule has 0 spiro atoms. The highest BCUT2D eigenvalue weighted by Crippen LogP contribution is 2.34. The molecular weight excluding hydrogens is 508 g/mol. The van der Waals surface area contributed by atoms with Gasteiger partial charge in [0, 0.05) is 36.4 Å². The summed E-state index contributed by atoms with van der Waals surface area (Å²) in [6.45, 7) is 21.0. The van der Waals surface area contributed by atoms with Gasteiger partial charge in [-0.3, -0.25) is 29.0 Å². The van der Waals surface area contributed by atoms with Gasteiger partial charge in [0.15, 0.2) is 0 Å². The Labute approximate surface area is 243 Å². The molecular formula is C32H56N2O4S. The molecule has 2 heterocycles. The predicted octanol–water partition coefficient (Wildman–Crippen LogP) is 7.55. The number of rotatable bonds is 13. The second-order valence-electron chi connectivity index (χ2n) is 14.4. The van der Waals surface area contributed by atoms with E-state index < -0.39 is 0 Å². The zero-order valence-corrected chi connectivity index (χ0v) is 27.2. The van der Waals surface area contributed by atoms with Crippen LogP contribution in [0.1, 0.15) is 133 Å². The molecule has 0 aromatic heterocycles. The third-order valence-electron chi connectivity index (χ3n) is 6.72. The molecule has 1 atom stereocenters. The Bertz CT molecular complexity index is 828. The summed E-state index contributed by atoms with van der Waals surface area (Å²) in [6.07, 6.45) is 14.4. The van der Waals surface area contributed by atoms with Crippen molar-refractivity contribution in [2.45, 2.75) is 143 Å². The van der Waals surface area contributed by atoms with E-state index in [1.54, 1.807) is 11.8 Å². The normalized spacial score (nSPS) is 18.3. The fourth-order valence-corrected chi connectivity index (χ4v) is 5.92. The van der Waals surface area contributed by atoms with Crippen LogP contribution in [-0.4, -0.2) is 56.5 Å².